The number of carbonyl (C=O) groups excluding carboxylic acids is 1. The molecular weight excluding hydrogens is 398 g/mol. The van der Waals surface area contributed by atoms with Crippen LogP contribution in [0.5, 0.6) is 5.75 Å². The second-order valence-corrected chi connectivity index (χ2v) is 6.43. The first-order valence-corrected chi connectivity index (χ1v) is 8.79. The van der Waals surface area contributed by atoms with Crippen molar-refractivity contribution >= 4 is 29.4 Å². The van der Waals surface area contributed by atoms with Crippen LogP contribution in [0.15, 0.2) is 58.0 Å². The molecular formula is C20H16ClN3O5. The largest absolute Gasteiger partial charge is 0.496 e. The first-order chi connectivity index (χ1) is 13.9. The number of hydrazone groups is 1. The Bertz CT molecular complexity index is 1110. The molecule has 0 saturated carbocycles. The summed E-state index contributed by atoms with van der Waals surface area (Å²) in [6.45, 7) is 1.90. The highest BCUT2D eigenvalue weighted by atomic mass is 35.5. The molecule has 2 aromatic carbocycles. The third kappa shape index (κ3) is 4.61. The minimum absolute atomic E-state index is 0.110. The maximum atomic E-state index is 12.3. The van der Waals surface area contributed by atoms with Crippen LogP contribution in [-0.4, -0.2) is 24.2 Å². The van der Waals surface area contributed by atoms with E-state index in [9.17, 15) is 14.9 Å². The molecule has 0 aliphatic rings. The second-order valence-electron chi connectivity index (χ2n) is 6.03. The number of methoxy groups -OCH3 is 1. The second kappa shape index (κ2) is 8.57. The van der Waals surface area contributed by atoms with Gasteiger partial charge in [0, 0.05) is 17.7 Å². The smallest absolute Gasteiger partial charge is 0.275 e. The van der Waals surface area contributed by atoms with Gasteiger partial charge in [-0.3, -0.25) is 14.9 Å². The van der Waals surface area contributed by atoms with Crippen LogP contribution in [0.1, 0.15) is 21.7 Å². The number of nitro benzene ring substituents is 1. The number of hydrogen-bond acceptors (Lipinski definition) is 6. The summed E-state index contributed by atoms with van der Waals surface area (Å²) < 4.78 is 10.8. The number of nitrogens with one attached hydrogen (secondary N) is 1. The summed E-state index contributed by atoms with van der Waals surface area (Å²) in [6.07, 6.45) is 1.33. The summed E-state index contributed by atoms with van der Waals surface area (Å²) in [7, 11) is 1.49. The van der Waals surface area contributed by atoms with Crippen LogP contribution in [0.3, 0.4) is 0 Å². The Kier molecular flexibility index (Phi) is 5.94. The number of nitrogens with zero attached hydrogens (tertiary/aromatic N) is 2. The molecule has 1 N–H and O–H groups in total. The molecule has 0 aliphatic carbocycles. The Morgan fingerprint density at radius 1 is 1.24 bits per heavy atom. The average molecular weight is 414 g/mol. The Balaban J connectivity index is 1.71. The monoisotopic (exact) mass is 413 g/mol. The molecule has 0 radical (unpaired) electrons. The number of rotatable bonds is 6. The van der Waals surface area contributed by atoms with E-state index >= 15 is 0 Å². The van der Waals surface area contributed by atoms with Gasteiger partial charge in [0.15, 0.2) is 0 Å². The molecule has 3 rings (SSSR count). The van der Waals surface area contributed by atoms with Crippen molar-refractivity contribution in [1.82, 2.24) is 5.43 Å². The van der Waals surface area contributed by atoms with Crippen LogP contribution in [0.2, 0.25) is 5.02 Å². The Labute approximate surface area is 170 Å². The lowest BCUT2D eigenvalue weighted by Crippen LogP contribution is -2.18. The molecule has 0 unspecified atom stereocenters. The topological polar surface area (TPSA) is 107 Å². The van der Waals surface area contributed by atoms with Gasteiger partial charge in [-0.05, 0) is 42.8 Å². The van der Waals surface area contributed by atoms with Crippen molar-refractivity contribution in [2.75, 3.05) is 7.11 Å². The highest BCUT2D eigenvalue weighted by Gasteiger charge is 2.14. The number of furan rings is 1. The molecule has 8 nitrogen and oxygen atoms in total. The molecule has 9 heteroatoms. The van der Waals surface area contributed by atoms with Crippen LogP contribution in [0, 0.1) is 17.0 Å². The quantitative estimate of drug-likeness (QED) is 0.361. The van der Waals surface area contributed by atoms with E-state index in [1.807, 2.05) is 6.92 Å². The van der Waals surface area contributed by atoms with Gasteiger partial charge >= 0.3 is 0 Å². The van der Waals surface area contributed by atoms with Crippen LogP contribution in [0.25, 0.3) is 11.3 Å². The number of non-ortho nitro benzene ring substituents is 1. The molecule has 0 aliphatic heterocycles. The number of amides is 1. The Hall–Kier alpha value is -3.65. The summed E-state index contributed by atoms with van der Waals surface area (Å²) in [6, 6.07) is 12.6. The van der Waals surface area contributed by atoms with Gasteiger partial charge in [0.05, 0.1) is 28.8 Å². The number of benzene rings is 2. The van der Waals surface area contributed by atoms with Gasteiger partial charge in [0.25, 0.3) is 11.6 Å². The van der Waals surface area contributed by atoms with Crippen molar-refractivity contribution in [2.24, 2.45) is 5.10 Å². The zero-order valence-electron chi connectivity index (χ0n) is 15.5. The van der Waals surface area contributed by atoms with Gasteiger partial charge in [0.1, 0.15) is 17.3 Å². The zero-order chi connectivity index (χ0) is 21.0. The minimum atomic E-state index is -0.526. The van der Waals surface area contributed by atoms with E-state index < -0.39 is 10.8 Å². The molecule has 0 fully saturated rings. The predicted octanol–water partition coefficient (Wildman–Crippen LogP) is 4.59. The summed E-state index contributed by atoms with van der Waals surface area (Å²) >= 11 is 6.10. The van der Waals surface area contributed by atoms with Gasteiger partial charge in [0.2, 0.25) is 0 Å². The fourth-order valence-corrected chi connectivity index (χ4v) is 2.85. The first-order valence-electron chi connectivity index (χ1n) is 8.41. The first kappa shape index (κ1) is 20.1. The normalized spacial score (nSPS) is 10.9. The fraction of sp³-hybridized carbons (Fsp3) is 0.100. The van der Waals surface area contributed by atoms with Crippen molar-refractivity contribution in [1.29, 1.82) is 0 Å². The average Bonchev–Trinajstić information content (AvgIpc) is 3.16. The Morgan fingerprint density at radius 2 is 2.03 bits per heavy atom. The summed E-state index contributed by atoms with van der Waals surface area (Å²) in [5.74, 6) is 0.803. The summed E-state index contributed by atoms with van der Waals surface area (Å²) in [4.78, 5) is 22.6. The van der Waals surface area contributed by atoms with E-state index in [-0.39, 0.29) is 10.7 Å². The lowest BCUT2D eigenvalue weighted by atomic mass is 10.1. The molecule has 0 bridgehead atoms. The van der Waals surface area contributed by atoms with Crippen molar-refractivity contribution in [3.8, 4) is 17.1 Å². The molecule has 29 heavy (non-hydrogen) atoms. The predicted molar refractivity (Wildman–Crippen MR) is 109 cm³/mol. The molecule has 0 saturated heterocycles. The van der Waals surface area contributed by atoms with Gasteiger partial charge in [-0.15, -0.1) is 0 Å². The minimum Gasteiger partial charge on any atom is -0.496 e. The number of aryl methyl sites for hydroxylation is 1. The molecule has 148 valence electrons. The maximum Gasteiger partial charge on any atom is 0.275 e. The SMILES string of the molecule is COc1cc(C)ccc1C(=O)N/N=C\c1ccc(-c2ccc([N+](=O)[O-])cc2Cl)o1. The zero-order valence-corrected chi connectivity index (χ0v) is 16.3. The van der Waals surface area contributed by atoms with E-state index in [4.69, 9.17) is 20.8 Å². The molecule has 3 aromatic rings. The van der Waals surface area contributed by atoms with E-state index in [1.54, 1.807) is 30.3 Å². The molecule has 0 spiro atoms. The molecule has 1 aromatic heterocycles. The van der Waals surface area contributed by atoms with Crippen molar-refractivity contribution in [3.05, 3.63) is 80.6 Å². The van der Waals surface area contributed by atoms with Crippen molar-refractivity contribution in [2.45, 2.75) is 6.92 Å². The van der Waals surface area contributed by atoms with Gasteiger partial charge < -0.3 is 9.15 Å². The molecule has 1 heterocycles. The van der Waals surface area contributed by atoms with E-state index in [0.29, 0.717) is 28.4 Å². The van der Waals surface area contributed by atoms with Gasteiger partial charge in [-0.25, -0.2) is 5.43 Å². The van der Waals surface area contributed by atoms with E-state index in [0.717, 1.165) is 5.56 Å². The lowest BCUT2D eigenvalue weighted by Gasteiger charge is -2.07. The highest BCUT2D eigenvalue weighted by molar-refractivity contribution is 6.33. The van der Waals surface area contributed by atoms with Gasteiger partial charge in [-0.2, -0.15) is 5.10 Å². The number of ether oxygens (including phenoxy) is 1. The molecule has 1 amide bonds. The van der Waals surface area contributed by atoms with E-state index in [2.05, 4.69) is 10.5 Å². The fourth-order valence-electron chi connectivity index (χ4n) is 2.59. The maximum absolute atomic E-state index is 12.3. The lowest BCUT2D eigenvalue weighted by molar-refractivity contribution is -0.384. The highest BCUT2D eigenvalue weighted by Crippen LogP contribution is 2.32. The van der Waals surface area contributed by atoms with Crippen molar-refractivity contribution in [3.63, 3.8) is 0 Å². The third-order valence-corrected chi connectivity index (χ3v) is 4.33. The van der Waals surface area contributed by atoms with Crippen LogP contribution in [0.4, 0.5) is 5.69 Å². The molecule has 0 atom stereocenters. The summed E-state index contributed by atoms with van der Waals surface area (Å²) in [5, 5.41) is 14.9. The number of carbonyl (C=O) groups is 1. The van der Waals surface area contributed by atoms with Crippen LogP contribution < -0.4 is 10.2 Å². The number of hydrogen-bond donors (Lipinski definition) is 1. The number of nitro groups is 1. The van der Waals surface area contributed by atoms with Crippen LogP contribution in [-0.2, 0) is 0 Å². The summed E-state index contributed by atoms with van der Waals surface area (Å²) in [5.41, 5.74) is 4.13. The van der Waals surface area contributed by atoms with E-state index in [1.165, 1.54) is 31.5 Å². The third-order valence-electron chi connectivity index (χ3n) is 4.02. The van der Waals surface area contributed by atoms with Crippen molar-refractivity contribution < 1.29 is 18.9 Å². The van der Waals surface area contributed by atoms with Crippen LogP contribution >= 0.6 is 11.6 Å². The Morgan fingerprint density at radius 3 is 2.72 bits per heavy atom. The number of halogens is 1. The standard InChI is InChI=1S/C20H16ClN3O5/c1-12-3-6-16(19(9-12)28-2)20(25)23-22-11-14-5-8-18(29-14)15-7-4-13(24(26)27)10-17(15)21/h3-11H,1-2H3,(H,23,25)/b22-11-. The van der Waals surface area contributed by atoms with Gasteiger partial charge in [-0.1, -0.05) is 17.7 Å².